The standard InChI is InChI=1S/C15H20N2O2/c1-14(2)13(18)17(3)11-8-10(4-5-12(11)19-14)9-15(16)6-7-15/h4-5,8H,6-7,9,16H2,1-3H3. The van der Waals surface area contributed by atoms with Crippen LogP contribution in [0.2, 0.25) is 0 Å². The Bertz CT molecular complexity index is 547. The minimum atomic E-state index is -0.797. The first-order valence-electron chi connectivity index (χ1n) is 6.70. The Balaban J connectivity index is 1.95. The molecule has 3 rings (SSSR count). The molecule has 0 spiro atoms. The zero-order chi connectivity index (χ0) is 13.8. The minimum Gasteiger partial charge on any atom is -0.476 e. The molecular weight excluding hydrogens is 240 g/mol. The third kappa shape index (κ3) is 2.10. The molecule has 4 nitrogen and oxygen atoms in total. The maximum Gasteiger partial charge on any atom is 0.270 e. The highest BCUT2D eigenvalue weighted by atomic mass is 16.5. The van der Waals surface area contributed by atoms with E-state index in [0.717, 1.165) is 30.7 Å². The number of rotatable bonds is 2. The van der Waals surface area contributed by atoms with Gasteiger partial charge in [-0.25, -0.2) is 0 Å². The maximum atomic E-state index is 12.2. The minimum absolute atomic E-state index is 0.0222. The largest absolute Gasteiger partial charge is 0.476 e. The number of hydrogen-bond donors (Lipinski definition) is 1. The fourth-order valence-electron chi connectivity index (χ4n) is 2.60. The zero-order valence-electron chi connectivity index (χ0n) is 11.7. The first-order valence-corrected chi connectivity index (χ1v) is 6.70. The molecule has 1 aliphatic carbocycles. The van der Waals surface area contributed by atoms with Crippen molar-refractivity contribution in [1.29, 1.82) is 0 Å². The highest BCUT2D eigenvalue weighted by molar-refractivity contribution is 6.01. The second-order valence-corrected chi connectivity index (χ2v) is 6.32. The normalized spacial score (nSPS) is 22.7. The Morgan fingerprint density at radius 3 is 2.68 bits per heavy atom. The van der Waals surface area contributed by atoms with Crippen molar-refractivity contribution in [1.82, 2.24) is 0 Å². The summed E-state index contributed by atoms with van der Waals surface area (Å²) >= 11 is 0. The maximum absolute atomic E-state index is 12.2. The van der Waals surface area contributed by atoms with Crippen LogP contribution >= 0.6 is 0 Å². The Kier molecular flexibility index (Phi) is 2.45. The lowest BCUT2D eigenvalue weighted by Crippen LogP contribution is -2.50. The lowest BCUT2D eigenvalue weighted by atomic mass is 10.0. The van der Waals surface area contributed by atoms with Gasteiger partial charge in [-0.1, -0.05) is 6.07 Å². The van der Waals surface area contributed by atoms with Gasteiger partial charge in [0, 0.05) is 12.6 Å². The molecular formula is C15H20N2O2. The number of nitrogens with zero attached hydrogens (tertiary/aromatic N) is 1. The number of ether oxygens (including phenoxy) is 1. The molecule has 0 aromatic heterocycles. The molecule has 2 aliphatic rings. The van der Waals surface area contributed by atoms with Gasteiger partial charge in [-0.2, -0.15) is 0 Å². The van der Waals surface area contributed by atoms with Gasteiger partial charge in [0.25, 0.3) is 5.91 Å². The predicted octanol–water partition coefficient (Wildman–Crippen LogP) is 1.85. The van der Waals surface area contributed by atoms with E-state index >= 15 is 0 Å². The molecule has 19 heavy (non-hydrogen) atoms. The quantitative estimate of drug-likeness (QED) is 0.883. The highest BCUT2D eigenvalue weighted by Crippen LogP contribution is 2.40. The Hall–Kier alpha value is -1.55. The summed E-state index contributed by atoms with van der Waals surface area (Å²) in [7, 11) is 1.80. The summed E-state index contributed by atoms with van der Waals surface area (Å²) in [6.07, 6.45) is 3.04. The van der Waals surface area contributed by atoms with E-state index in [1.165, 1.54) is 5.56 Å². The van der Waals surface area contributed by atoms with Gasteiger partial charge < -0.3 is 15.4 Å². The number of amides is 1. The Morgan fingerprint density at radius 1 is 1.37 bits per heavy atom. The number of fused-ring (bicyclic) bond motifs is 1. The molecule has 0 saturated heterocycles. The lowest BCUT2D eigenvalue weighted by Gasteiger charge is -2.37. The average Bonchev–Trinajstić information content (AvgIpc) is 3.05. The molecule has 0 radical (unpaired) electrons. The molecule has 0 bridgehead atoms. The fraction of sp³-hybridized carbons (Fsp3) is 0.533. The van der Waals surface area contributed by atoms with Gasteiger partial charge in [-0.15, -0.1) is 0 Å². The van der Waals surface area contributed by atoms with Crippen molar-refractivity contribution in [3.05, 3.63) is 23.8 Å². The number of carbonyl (C=O) groups excluding carboxylic acids is 1. The van der Waals surface area contributed by atoms with Crippen LogP contribution in [0.1, 0.15) is 32.3 Å². The van der Waals surface area contributed by atoms with Gasteiger partial charge in [-0.3, -0.25) is 4.79 Å². The van der Waals surface area contributed by atoms with Crippen LogP contribution in [0.4, 0.5) is 5.69 Å². The molecule has 1 saturated carbocycles. The number of benzene rings is 1. The summed E-state index contributed by atoms with van der Waals surface area (Å²) in [5, 5.41) is 0. The van der Waals surface area contributed by atoms with Crippen LogP contribution in [0.3, 0.4) is 0 Å². The molecule has 1 amide bonds. The van der Waals surface area contributed by atoms with Crippen molar-refractivity contribution < 1.29 is 9.53 Å². The van der Waals surface area contributed by atoms with Gasteiger partial charge in [-0.05, 0) is 50.8 Å². The molecule has 2 N–H and O–H groups in total. The third-order valence-electron chi connectivity index (χ3n) is 4.02. The first-order chi connectivity index (χ1) is 8.81. The predicted molar refractivity (Wildman–Crippen MR) is 74.4 cm³/mol. The number of carbonyl (C=O) groups is 1. The van der Waals surface area contributed by atoms with E-state index in [1.54, 1.807) is 25.8 Å². The van der Waals surface area contributed by atoms with Gasteiger partial charge in [0.05, 0.1) is 5.69 Å². The summed E-state index contributed by atoms with van der Waals surface area (Å²) in [6, 6.07) is 6.02. The van der Waals surface area contributed by atoms with E-state index in [2.05, 4.69) is 0 Å². The van der Waals surface area contributed by atoms with Crippen LogP contribution in [-0.2, 0) is 11.2 Å². The SMILES string of the molecule is CN1C(=O)C(C)(C)Oc2ccc(CC3(N)CC3)cc21. The second-order valence-electron chi connectivity index (χ2n) is 6.32. The van der Waals surface area contributed by atoms with Crippen molar-refractivity contribution in [2.24, 2.45) is 5.73 Å². The van der Waals surface area contributed by atoms with Crippen LogP contribution < -0.4 is 15.4 Å². The van der Waals surface area contributed by atoms with Crippen molar-refractivity contribution in [2.75, 3.05) is 11.9 Å². The fourth-order valence-corrected chi connectivity index (χ4v) is 2.60. The molecule has 1 aromatic rings. The van der Waals surface area contributed by atoms with E-state index in [9.17, 15) is 4.79 Å². The number of hydrogen-bond acceptors (Lipinski definition) is 3. The summed E-state index contributed by atoms with van der Waals surface area (Å²) in [4.78, 5) is 13.9. The smallest absolute Gasteiger partial charge is 0.270 e. The molecule has 4 heteroatoms. The van der Waals surface area contributed by atoms with E-state index in [1.807, 2.05) is 18.2 Å². The van der Waals surface area contributed by atoms with E-state index < -0.39 is 5.60 Å². The molecule has 0 atom stereocenters. The number of nitrogens with two attached hydrogens (primary N) is 1. The van der Waals surface area contributed by atoms with Gasteiger partial charge in [0.2, 0.25) is 0 Å². The number of anilines is 1. The van der Waals surface area contributed by atoms with E-state index in [0.29, 0.717) is 0 Å². The van der Waals surface area contributed by atoms with Gasteiger partial charge in [0.15, 0.2) is 5.60 Å². The lowest BCUT2D eigenvalue weighted by molar-refractivity contribution is -0.132. The molecule has 0 unspecified atom stereocenters. The zero-order valence-corrected chi connectivity index (χ0v) is 11.7. The Labute approximate surface area is 113 Å². The average molecular weight is 260 g/mol. The number of likely N-dealkylation sites (N-methyl/N-ethyl adjacent to an activating group) is 1. The summed E-state index contributed by atoms with van der Waals surface area (Å²) in [5.74, 6) is 0.740. The van der Waals surface area contributed by atoms with Crippen molar-refractivity contribution in [3.8, 4) is 5.75 Å². The van der Waals surface area contributed by atoms with Gasteiger partial charge in [0.1, 0.15) is 5.75 Å². The monoisotopic (exact) mass is 260 g/mol. The van der Waals surface area contributed by atoms with Crippen molar-refractivity contribution >= 4 is 11.6 Å². The van der Waals surface area contributed by atoms with Crippen LogP contribution in [-0.4, -0.2) is 24.1 Å². The van der Waals surface area contributed by atoms with Gasteiger partial charge >= 0.3 is 0 Å². The van der Waals surface area contributed by atoms with Crippen LogP contribution in [0, 0.1) is 0 Å². The van der Waals surface area contributed by atoms with Crippen LogP contribution in [0.15, 0.2) is 18.2 Å². The molecule has 1 fully saturated rings. The summed E-state index contributed by atoms with van der Waals surface area (Å²) in [5.41, 5.74) is 7.34. The van der Waals surface area contributed by atoms with E-state index in [-0.39, 0.29) is 11.4 Å². The summed E-state index contributed by atoms with van der Waals surface area (Å²) < 4.78 is 5.78. The van der Waals surface area contributed by atoms with Crippen LogP contribution in [0.5, 0.6) is 5.75 Å². The molecule has 1 aliphatic heterocycles. The Morgan fingerprint density at radius 2 is 2.05 bits per heavy atom. The molecule has 1 aromatic carbocycles. The van der Waals surface area contributed by atoms with Crippen LogP contribution in [0.25, 0.3) is 0 Å². The van der Waals surface area contributed by atoms with Crippen molar-refractivity contribution in [3.63, 3.8) is 0 Å². The topological polar surface area (TPSA) is 55.6 Å². The highest BCUT2D eigenvalue weighted by Gasteiger charge is 2.41. The van der Waals surface area contributed by atoms with E-state index in [4.69, 9.17) is 10.5 Å². The second kappa shape index (κ2) is 3.73. The third-order valence-corrected chi connectivity index (χ3v) is 4.02. The first kappa shape index (κ1) is 12.5. The summed E-state index contributed by atoms with van der Waals surface area (Å²) in [6.45, 7) is 3.59. The molecule has 1 heterocycles. The molecule has 102 valence electrons. The van der Waals surface area contributed by atoms with Crippen molar-refractivity contribution in [2.45, 2.75) is 44.2 Å².